The Bertz CT molecular complexity index is 856. The Kier molecular flexibility index (Phi) is 9.17. The molecule has 5 nitrogen and oxygen atoms in total. The maximum absolute atomic E-state index is 6.10. The van der Waals surface area contributed by atoms with E-state index in [4.69, 9.17) is 18.9 Å². The second-order valence-electron chi connectivity index (χ2n) is 8.01. The van der Waals surface area contributed by atoms with Gasteiger partial charge in [0.05, 0.1) is 11.6 Å². The lowest BCUT2D eigenvalue weighted by molar-refractivity contribution is 0.174. The molecule has 1 heterocycles. The van der Waals surface area contributed by atoms with Crippen molar-refractivity contribution in [1.82, 2.24) is 5.32 Å². The summed E-state index contributed by atoms with van der Waals surface area (Å²) in [6, 6.07) is 10.6. The van der Waals surface area contributed by atoms with Crippen LogP contribution in [0.3, 0.4) is 0 Å². The first-order chi connectivity index (χ1) is 14.7. The fourth-order valence-corrected chi connectivity index (χ4v) is 4.73. The summed E-state index contributed by atoms with van der Waals surface area (Å²) >= 11 is 3.67. The molecule has 2 aromatic rings. The number of halogens is 2. The van der Waals surface area contributed by atoms with Crippen LogP contribution < -0.4 is 24.3 Å². The van der Waals surface area contributed by atoms with Crippen LogP contribution in [-0.4, -0.2) is 19.9 Å². The zero-order chi connectivity index (χ0) is 20.8. The van der Waals surface area contributed by atoms with Gasteiger partial charge >= 0.3 is 0 Å². The van der Waals surface area contributed by atoms with Crippen molar-refractivity contribution in [3.05, 3.63) is 45.9 Å². The molecule has 2 aromatic carbocycles. The van der Waals surface area contributed by atoms with Crippen LogP contribution in [0.25, 0.3) is 0 Å². The number of benzene rings is 2. The number of fused-ring (bicyclic) bond motifs is 1. The average Bonchev–Trinajstić information content (AvgIpc) is 3.19. The molecule has 0 saturated heterocycles. The molecule has 0 unspecified atom stereocenters. The first-order valence-electron chi connectivity index (χ1n) is 10.8. The maximum atomic E-state index is 6.10. The maximum Gasteiger partial charge on any atom is 0.231 e. The van der Waals surface area contributed by atoms with Gasteiger partial charge in [-0.05, 0) is 64.2 Å². The molecule has 0 aromatic heterocycles. The van der Waals surface area contributed by atoms with Crippen LogP contribution >= 0.6 is 28.3 Å². The number of methoxy groups -OCH3 is 1. The molecular formula is C24H31BrClNO4. The van der Waals surface area contributed by atoms with Gasteiger partial charge in [-0.3, -0.25) is 0 Å². The van der Waals surface area contributed by atoms with Crippen molar-refractivity contribution in [2.45, 2.75) is 64.1 Å². The zero-order valence-electron chi connectivity index (χ0n) is 18.0. The molecule has 1 aliphatic carbocycles. The van der Waals surface area contributed by atoms with E-state index in [9.17, 15) is 0 Å². The van der Waals surface area contributed by atoms with Gasteiger partial charge in [-0.2, -0.15) is 0 Å². The van der Waals surface area contributed by atoms with Gasteiger partial charge < -0.3 is 24.3 Å². The van der Waals surface area contributed by atoms with Gasteiger partial charge in [-0.15, -0.1) is 12.4 Å². The molecule has 31 heavy (non-hydrogen) atoms. The molecular weight excluding hydrogens is 482 g/mol. The topological polar surface area (TPSA) is 49.0 Å². The second kappa shape index (κ2) is 11.8. The summed E-state index contributed by atoms with van der Waals surface area (Å²) in [4.78, 5) is 0. The van der Waals surface area contributed by atoms with Crippen LogP contribution in [0.4, 0.5) is 0 Å². The van der Waals surface area contributed by atoms with E-state index in [-0.39, 0.29) is 19.2 Å². The Balaban J connectivity index is 0.00000272. The first kappa shape index (κ1) is 24.0. The summed E-state index contributed by atoms with van der Waals surface area (Å²) in [5, 5.41) is 3.74. The standard InChI is InChI=1S/C24H30BrNO4.ClH/c1-27-23-13-18(14-26-19-7-5-3-2-4-6-8-19)11-20(25)24(23)28-15-17-9-10-21-22(12-17)30-16-29-21;/h9-13,19,26H,2-8,14-16H2,1H3;1H. The molecule has 1 N–H and O–H groups in total. The molecule has 0 radical (unpaired) electrons. The number of ether oxygens (including phenoxy) is 4. The van der Waals surface area contributed by atoms with E-state index in [1.54, 1.807) is 7.11 Å². The first-order valence-corrected chi connectivity index (χ1v) is 11.6. The van der Waals surface area contributed by atoms with Crippen LogP contribution in [0.15, 0.2) is 34.8 Å². The SMILES string of the molecule is COc1cc(CNC2CCCCCCC2)cc(Br)c1OCc1ccc2c(c1)OCO2.Cl. The fourth-order valence-electron chi connectivity index (χ4n) is 4.12. The summed E-state index contributed by atoms with van der Waals surface area (Å²) in [6.45, 7) is 1.53. The Morgan fingerprint density at radius 1 is 0.968 bits per heavy atom. The minimum absolute atomic E-state index is 0. The monoisotopic (exact) mass is 511 g/mol. The van der Waals surface area contributed by atoms with Crippen molar-refractivity contribution in [3.8, 4) is 23.0 Å². The molecule has 1 saturated carbocycles. The molecule has 0 amide bonds. The van der Waals surface area contributed by atoms with E-state index in [1.807, 2.05) is 18.2 Å². The lowest BCUT2D eigenvalue weighted by Gasteiger charge is -2.21. The highest BCUT2D eigenvalue weighted by Crippen LogP contribution is 2.38. The lowest BCUT2D eigenvalue weighted by atomic mass is 9.96. The van der Waals surface area contributed by atoms with Crippen molar-refractivity contribution in [3.63, 3.8) is 0 Å². The Morgan fingerprint density at radius 3 is 2.48 bits per heavy atom. The predicted molar refractivity (Wildman–Crippen MR) is 128 cm³/mol. The van der Waals surface area contributed by atoms with Gasteiger partial charge in [-0.25, -0.2) is 0 Å². The highest BCUT2D eigenvalue weighted by Gasteiger charge is 2.16. The van der Waals surface area contributed by atoms with Crippen molar-refractivity contribution < 1.29 is 18.9 Å². The van der Waals surface area contributed by atoms with Crippen molar-refractivity contribution in [2.24, 2.45) is 0 Å². The largest absolute Gasteiger partial charge is 0.493 e. The number of rotatable bonds is 7. The molecule has 170 valence electrons. The van der Waals surface area contributed by atoms with Gasteiger partial charge in [0.1, 0.15) is 6.61 Å². The molecule has 1 aliphatic heterocycles. The normalized spacial score (nSPS) is 16.2. The molecule has 4 rings (SSSR count). The second-order valence-corrected chi connectivity index (χ2v) is 8.86. The lowest BCUT2D eigenvalue weighted by Crippen LogP contribution is -2.29. The summed E-state index contributed by atoms with van der Waals surface area (Å²) in [5.41, 5.74) is 2.21. The fraction of sp³-hybridized carbons (Fsp3) is 0.500. The Morgan fingerprint density at radius 2 is 1.71 bits per heavy atom. The third kappa shape index (κ3) is 6.43. The van der Waals surface area contributed by atoms with Crippen molar-refractivity contribution >= 4 is 28.3 Å². The van der Waals surface area contributed by atoms with E-state index < -0.39 is 0 Å². The quantitative estimate of drug-likeness (QED) is 0.466. The Labute approximate surface area is 199 Å². The van der Waals surface area contributed by atoms with Crippen molar-refractivity contribution in [2.75, 3.05) is 13.9 Å². The van der Waals surface area contributed by atoms with Crippen molar-refractivity contribution in [1.29, 1.82) is 0 Å². The third-order valence-electron chi connectivity index (χ3n) is 5.81. The molecule has 1 fully saturated rings. The number of hydrogen-bond acceptors (Lipinski definition) is 5. The number of nitrogens with one attached hydrogen (secondary N) is 1. The summed E-state index contributed by atoms with van der Waals surface area (Å²) < 4.78 is 23.4. The van der Waals surface area contributed by atoms with E-state index in [0.29, 0.717) is 18.4 Å². The molecule has 7 heteroatoms. The Hall–Kier alpha value is -1.63. The van der Waals surface area contributed by atoms with Gasteiger partial charge in [0.2, 0.25) is 6.79 Å². The van der Waals surface area contributed by atoms with E-state index in [2.05, 4.69) is 33.4 Å². The van der Waals surface area contributed by atoms with Gasteiger partial charge in [0.25, 0.3) is 0 Å². The third-order valence-corrected chi connectivity index (χ3v) is 6.40. The summed E-state index contributed by atoms with van der Waals surface area (Å²) in [7, 11) is 1.68. The van der Waals surface area contributed by atoms with Gasteiger partial charge in [-0.1, -0.05) is 38.2 Å². The minimum atomic E-state index is 0. The van der Waals surface area contributed by atoms with Crippen LogP contribution in [0.5, 0.6) is 23.0 Å². The van der Waals surface area contributed by atoms with Crippen LogP contribution in [0, 0.1) is 0 Å². The number of hydrogen-bond donors (Lipinski definition) is 1. The molecule has 0 bridgehead atoms. The van der Waals surface area contributed by atoms with Crippen LogP contribution in [0.1, 0.15) is 56.1 Å². The molecule has 0 spiro atoms. The van der Waals surface area contributed by atoms with E-state index in [0.717, 1.165) is 33.8 Å². The molecule has 2 aliphatic rings. The highest BCUT2D eigenvalue weighted by molar-refractivity contribution is 9.10. The highest BCUT2D eigenvalue weighted by atomic mass is 79.9. The van der Waals surface area contributed by atoms with E-state index in [1.165, 1.54) is 50.5 Å². The predicted octanol–water partition coefficient (Wildman–Crippen LogP) is 6.39. The van der Waals surface area contributed by atoms with Crippen LogP contribution in [-0.2, 0) is 13.2 Å². The van der Waals surface area contributed by atoms with Crippen LogP contribution in [0.2, 0.25) is 0 Å². The van der Waals surface area contributed by atoms with Gasteiger partial charge in [0.15, 0.2) is 23.0 Å². The summed E-state index contributed by atoms with van der Waals surface area (Å²) in [6.07, 6.45) is 9.34. The summed E-state index contributed by atoms with van der Waals surface area (Å²) in [5.74, 6) is 2.99. The molecule has 0 atom stereocenters. The van der Waals surface area contributed by atoms with Gasteiger partial charge in [0, 0.05) is 12.6 Å². The smallest absolute Gasteiger partial charge is 0.231 e. The van der Waals surface area contributed by atoms with E-state index >= 15 is 0 Å². The average molecular weight is 513 g/mol. The minimum Gasteiger partial charge on any atom is -0.493 e. The zero-order valence-corrected chi connectivity index (χ0v) is 20.4.